The van der Waals surface area contributed by atoms with Gasteiger partial charge in [0.15, 0.2) is 0 Å². The van der Waals surface area contributed by atoms with Crippen molar-refractivity contribution in [2.75, 3.05) is 0 Å². The summed E-state index contributed by atoms with van der Waals surface area (Å²) in [4.78, 5) is 12.1. The van der Waals surface area contributed by atoms with Crippen molar-refractivity contribution < 1.29 is 0 Å². The van der Waals surface area contributed by atoms with E-state index in [0.717, 1.165) is 17.7 Å². The van der Waals surface area contributed by atoms with E-state index >= 15 is 0 Å². The van der Waals surface area contributed by atoms with Crippen molar-refractivity contribution in [3.05, 3.63) is 38.3 Å². The summed E-state index contributed by atoms with van der Waals surface area (Å²) in [5, 5.41) is 0. The molecule has 2 heteroatoms. The molecule has 1 aromatic heterocycles. The number of rotatable bonds is 0. The van der Waals surface area contributed by atoms with Gasteiger partial charge in [-0.25, -0.2) is 0 Å². The Morgan fingerprint density at radius 1 is 1.13 bits per heavy atom. The summed E-state index contributed by atoms with van der Waals surface area (Å²) in [6, 6.07) is 0. The van der Waals surface area contributed by atoms with E-state index < -0.39 is 0 Å². The fourth-order valence-electron chi connectivity index (χ4n) is 2.33. The van der Waals surface area contributed by atoms with Gasteiger partial charge in [-0.3, -0.25) is 4.79 Å². The van der Waals surface area contributed by atoms with Crippen LogP contribution in [0.4, 0.5) is 0 Å². The van der Waals surface area contributed by atoms with E-state index in [1.54, 1.807) is 4.57 Å². The van der Waals surface area contributed by atoms with E-state index in [2.05, 4.69) is 20.8 Å². The second kappa shape index (κ2) is 3.09. The number of hydrogen-bond donors (Lipinski definition) is 0. The zero-order valence-electron chi connectivity index (χ0n) is 10.1. The third kappa shape index (κ3) is 1.21. The Morgan fingerprint density at radius 3 is 2.33 bits per heavy atom. The highest BCUT2D eigenvalue weighted by atomic mass is 16.1. The molecule has 1 aliphatic carbocycles. The first-order chi connectivity index (χ1) is 6.95. The van der Waals surface area contributed by atoms with Gasteiger partial charge in [-0.15, -0.1) is 0 Å². The van der Waals surface area contributed by atoms with Gasteiger partial charge in [-0.05, 0) is 50.8 Å². The molecule has 0 atom stereocenters. The number of fused-ring (bicyclic) bond motifs is 1. The van der Waals surface area contributed by atoms with Gasteiger partial charge in [-0.1, -0.05) is 5.57 Å². The number of nitrogens with zero attached hydrogens (tertiary/aromatic N) is 1. The molecule has 0 aliphatic heterocycles. The second-order valence-corrected chi connectivity index (χ2v) is 4.51. The Bertz CT molecular complexity index is 532. The quantitative estimate of drug-likeness (QED) is 0.634. The van der Waals surface area contributed by atoms with Crippen LogP contribution in [0, 0.1) is 13.8 Å². The first kappa shape index (κ1) is 10.2. The third-order valence-electron chi connectivity index (χ3n) is 3.78. The van der Waals surface area contributed by atoms with Crippen LogP contribution in [0.5, 0.6) is 0 Å². The number of aromatic nitrogens is 1. The minimum Gasteiger partial charge on any atom is -0.315 e. The van der Waals surface area contributed by atoms with E-state index in [-0.39, 0.29) is 5.56 Å². The van der Waals surface area contributed by atoms with Crippen LogP contribution in [0.1, 0.15) is 36.2 Å². The zero-order valence-corrected chi connectivity index (χ0v) is 10.1. The maximum Gasteiger partial charge on any atom is 0.258 e. The maximum atomic E-state index is 12.1. The molecule has 1 heterocycles. The monoisotopic (exact) mass is 203 g/mol. The molecule has 0 amide bonds. The molecule has 0 saturated carbocycles. The van der Waals surface area contributed by atoms with Crippen LogP contribution in [0.2, 0.25) is 0 Å². The Morgan fingerprint density at radius 2 is 1.73 bits per heavy atom. The first-order valence-electron chi connectivity index (χ1n) is 5.31. The molecule has 15 heavy (non-hydrogen) atoms. The molecule has 80 valence electrons. The Labute approximate surface area is 90.2 Å². The average Bonchev–Trinajstić information content (AvgIpc) is 2.50. The normalized spacial score (nSPS) is 14.7. The van der Waals surface area contributed by atoms with E-state index in [0.29, 0.717) is 0 Å². The molecule has 2 nitrogen and oxygen atoms in total. The summed E-state index contributed by atoms with van der Waals surface area (Å²) in [6.45, 7) is 8.29. The van der Waals surface area contributed by atoms with Crippen LogP contribution in [0.15, 0.2) is 10.4 Å². The predicted octanol–water partition coefficient (Wildman–Crippen LogP) is 2.35. The van der Waals surface area contributed by atoms with E-state index in [9.17, 15) is 4.79 Å². The molecule has 0 bridgehead atoms. The summed E-state index contributed by atoms with van der Waals surface area (Å²) >= 11 is 0. The fraction of sp³-hybridized carbons (Fsp3) is 0.462. The predicted molar refractivity (Wildman–Crippen MR) is 63.1 cm³/mol. The lowest BCUT2D eigenvalue weighted by atomic mass is 10.0. The highest BCUT2D eigenvalue weighted by molar-refractivity contribution is 5.75. The Hall–Kier alpha value is -1.31. The maximum absolute atomic E-state index is 12.1. The largest absolute Gasteiger partial charge is 0.315 e. The zero-order chi connectivity index (χ0) is 11.3. The van der Waals surface area contributed by atoms with E-state index in [1.165, 1.54) is 22.3 Å². The molecule has 1 aromatic rings. The van der Waals surface area contributed by atoms with Crippen molar-refractivity contribution in [2.45, 2.75) is 34.1 Å². The molecule has 0 spiro atoms. The summed E-state index contributed by atoms with van der Waals surface area (Å²) in [5.41, 5.74) is 7.19. The highest BCUT2D eigenvalue weighted by Crippen LogP contribution is 2.32. The molecule has 0 unspecified atom stereocenters. The summed E-state index contributed by atoms with van der Waals surface area (Å²) in [5.74, 6) is 0. The van der Waals surface area contributed by atoms with Gasteiger partial charge in [0, 0.05) is 18.3 Å². The fourth-order valence-corrected chi connectivity index (χ4v) is 2.33. The van der Waals surface area contributed by atoms with Gasteiger partial charge in [0.1, 0.15) is 0 Å². The molecule has 0 radical (unpaired) electrons. The van der Waals surface area contributed by atoms with Gasteiger partial charge in [0.25, 0.3) is 5.56 Å². The molecule has 1 aliphatic rings. The number of allylic oxidation sites excluding steroid dienone is 2. The van der Waals surface area contributed by atoms with Crippen molar-refractivity contribution in [1.82, 2.24) is 4.57 Å². The van der Waals surface area contributed by atoms with Crippen LogP contribution in [-0.4, -0.2) is 4.57 Å². The SMILES string of the molecule is CC1=C(C)c2c(c(C)c(C)n(C)c2=O)C1. The molecular weight excluding hydrogens is 186 g/mol. The Balaban J connectivity index is 2.90. The summed E-state index contributed by atoms with van der Waals surface area (Å²) < 4.78 is 1.76. The van der Waals surface area contributed by atoms with Crippen LogP contribution in [0.3, 0.4) is 0 Å². The van der Waals surface area contributed by atoms with Crippen molar-refractivity contribution in [3.8, 4) is 0 Å². The number of hydrogen-bond acceptors (Lipinski definition) is 1. The molecule has 0 aromatic carbocycles. The van der Waals surface area contributed by atoms with E-state index in [1.807, 2.05) is 14.0 Å². The smallest absolute Gasteiger partial charge is 0.258 e. The van der Waals surface area contributed by atoms with Crippen LogP contribution >= 0.6 is 0 Å². The summed E-state index contributed by atoms with van der Waals surface area (Å²) in [6.07, 6.45) is 0.948. The number of pyridine rings is 1. The molecule has 0 N–H and O–H groups in total. The van der Waals surface area contributed by atoms with Crippen molar-refractivity contribution >= 4 is 5.57 Å². The standard InChI is InChI=1S/C13H17NO/c1-7-6-11-9(3)10(4)14(5)13(15)12(11)8(7)2/h6H2,1-5H3. The molecular formula is C13H17NO. The Kier molecular flexibility index (Phi) is 2.10. The van der Waals surface area contributed by atoms with Crippen LogP contribution in [0.25, 0.3) is 5.57 Å². The van der Waals surface area contributed by atoms with E-state index in [4.69, 9.17) is 0 Å². The average molecular weight is 203 g/mol. The van der Waals surface area contributed by atoms with Crippen LogP contribution < -0.4 is 5.56 Å². The minimum atomic E-state index is 0.155. The van der Waals surface area contributed by atoms with Crippen LogP contribution in [-0.2, 0) is 13.5 Å². The first-order valence-corrected chi connectivity index (χ1v) is 5.31. The van der Waals surface area contributed by atoms with Gasteiger partial charge in [-0.2, -0.15) is 0 Å². The van der Waals surface area contributed by atoms with Crippen molar-refractivity contribution in [3.63, 3.8) is 0 Å². The van der Waals surface area contributed by atoms with Gasteiger partial charge in [0.05, 0.1) is 0 Å². The molecule has 2 rings (SSSR count). The second-order valence-electron chi connectivity index (χ2n) is 4.51. The topological polar surface area (TPSA) is 22.0 Å². The third-order valence-corrected chi connectivity index (χ3v) is 3.78. The minimum absolute atomic E-state index is 0.155. The van der Waals surface area contributed by atoms with Gasteiger partial charge in [0.2, 0.25) is 0 Å². The summed E-state index contributed by atoms with van der Waals surface area (Å²) in [7, 11) is 1.85. The lowest BCUT2D eigenvalue weighted by Gasteiger charge is -2.12. The van der Waals surface area contributed by atoms with Gasteiger partial charge < -0.3 is 4.57 Å². The van der Waals surface area contributed by atoms with Crippen molar-refractivity contribution in [2.24, 2.45) is 7.05 Å². The lowest BCUT2D eigenvalue weighted by molar-refractivity contribution is 0.798. The highest BCUT2D eigenvalue weighted by Gasteiger charge is 2.23. The van der Waals surface area contributed by atoms with Gasteiger partial charge >= 0.3 is 0 Å². The lowest BCUT2D eigenvalue weighted by Crippen LogP contribution is -2.24. The molecule has 0 fully saturated rings. The molecule has 0 saturated heterocycles. The van der Waals surface area contributed by atoms with Crippen molar-refractivity contribution in [1.29, 1.82) is 0 Å².